The maximum Gasteiger partial charge on any atom is 0.333 e. The number of esters is 1. The Labute approximate surface area is 129 Å². The highest BCUT2D eigenvalue weighted by atomic mass is 35.5. The Morgan fingerprint density at radius 1 is 1.29 bits per heavy atom. The molecule has 21 heavy (non-hydrogen) atoms. The number of carbonyl (C=O) groups excluding carboxylic acids is 2. The van der Waals surface area contributed by atoms with Gasteiger partial charge in [-0.25, -0.2) is 4.79 Å². The van der Waals surface area contributed by atoms with Gasteiger partial charge < -0.3 is 9.84 Å². The zero-order valence-electron chi connectivity index (χ0n) is 12.3. The molecule has 0 saturated carbocycles. The zero-order chi connectivity index (χ0) is 16.0. The van der Waals surface area contributed by atoms with Crippen molar-refractivity contribution >= 4 is 23.4 Å². The highest BCUT2D eigenvalue weighted by Gasteiger charge is 2.26. The van der Waals surface area contributed by atoms with Gasteiger partial charge in [0.15, 0.2) is 0 Å². The molecule has 0 amide bonds. The first-order chi connectivity index (χ1) is 9.88. The second kappa shape index (κ2) is 7.84. The van der Waals surface area contributed by atoms with E-state index in [1.807, 2.05) is 0 Å². The van der Waals surface area contributed by atoms with E-state index in [2.05, 4.69) is 0 Å². The first-order valence-electron chi connectivity index (χ1n) is 6.67. The molecule has 0 fully saturated rings. The van der Waals surface area contributed by atoms with Crippen molar-refractivity contribution in [3.63, 3.8) is 0 Å². The molecule has 5 heteroatoms. The Morgan fingerprint density at radius 2 is 1.90 bits per heavy atom. The van der Waals surface area contributed by atoms with Gasteiger partial charge in [-0.3, -0.25) is 4.79 Å². The Kier molecular flexibility index (Phi) is 6.43. The van der Waals surface area contributed by atoms with Gasteiger partial charge in [0.1, 0.15) is 5.78 Å². The fourth-order valence-corrected chi connectivity index (χ4v) is 2.42. The highest BCUT2D eigenvalue weighted by molar-refractivity contribution is 6.31. The van der Waals surface area contributed by atoms with E-state index in [4.69, 9.17) is 16.3 Å². The molecule has 1 rings (SSSR count). The lowest BCUT2D eigenvalue weighted by atomic mass is 9.86. The number of rotatable bonds is 6. The summed E-state index contributed by atoms with van der Waals surface area (Å²) in [6.45, 7) is 4.51. The third kappa shape index (κ3) is 4.60. The van der Waals surface area contributed by atoms with E-state index in [1.165, 1.54) is 13.8 Å². The van der Waals surface area contributed by atoms with Crippen LogP contribution in [0.5, 0.6) is 0 Å². The van der Waals surface area contributed by atoms with E-state index in [-0.39, 0.29) is 24.4 Å². The smallest absolute Gasteiger partial charge is 0.333 e. The van der Waals surface area contributed by atoms with E-state index in [9.17, 15) is 14.7 Å². The third-order valence-corrected chi connectivity index (χ3v) is 3.34. The fourth-order valence-electron chi connectivity index (χ4n) is 2.15. The van der Waals surface area contributed by atoms with Gasteiger partial charge in [-0.1, -0.05) is 36.7 Å². The van der Waals surface area contributed by atoms with E-state index in [0.29, 0.717) is 10.6 Å². The van der Waals surface area contributed by atoms with E-state index in [0.717, 1.165) is 0 Å². The normalized spacial score (nSPS) is 13.3. The minimum Gasteiger partial charge on any atom is -0.875 e. The molecule has 0 bridgehead atoms. The zero-order valence-corrected chi connectivity index (χ0v) is 13.1. The number of carbonyl (C=O) groups is 2. The second-order valence-corrected chi connectivity index (χ2v) is 5.08. The number of allylic oxidation sites excluding steroid dienone is 1. The number of hydrogen-bond donors (Lipinski definition) is 0. The quantitative estimate of drug-likeness (QED) is 0.460. The molecule has 1 unspecified atom stereocenters. The molecule has 0 aliphatic heterocycles. The van der Waals surface area contributed by atoms with Crippen LogP contribution in [-0.2, 0) is 14.3 Å². The van der Waals surface area contributed by atoms with Crippen molar-refractivity contribution in [3.8, 4) is 0 Å². The van der Waals surface area contributed by atoms with Gasteiger partial charge >= 0.3 is 5.97 Å². The first kappa shape index (κ1) is 17.2. The molecule has 0 N–H and O–H groups in total. The third-order valence-electron chi connectivity index (χ3n) is 3.00. The summed E-state index contributed by atoms with van der Waals surface area (Å²) in [5.74, 6) is -1.94. The molecule has 4 nitrogen and oxygen atoms in total. The molecular weight excluding hydrogens is 292 g/mol. The lowest BCUT2D eigenvalue weighted by molar-refractivity contribution is -0.303. The highest BCUT2D eigenvalue weighted by Crippen LogP contribution is 2.34. The molecule has 0 aliphatic rings. The monoisotopic (exact) mass is 309 g/mol. The Bertz CT molecular complexity index is 559. The molecule has 0 spiro atoms. The minimum absolute atomic E-state index is 0.0253. The van der Waals surface area contributed by atoms with Gasteiger partial charge in [0.05, 0.1) is 6.61 Å². The predicted octanol–water partition coefficient (Wildman–Crippen LogP) is 2.60. The van der Waals surface area contributed by atoms with Crippen molar-refractivity contribution in [2.75, 3.05) is 6.61 Å². The lowest BCUT2D eigenvalue weighted by Crippen LogP contribution is -2.22. The number of ether oxygens (including phenoxy) is 1. The summed E-state index contributed by atoms with van der Waals surface area (Å²) < 4.78 is 4.94. The van der Waals surface area contributed by atoms with Crippen LogP contribution in [0, 0.1) is 0 Å². The first-order valence-corrected chi connectivity index (χ1v) is 7.05. The number of Topliss-reactive ketones (excluding diaryl/α,β-unsaturated/α-hetero) is 1. The Balaban J connectivity index is 3.36. The van der Waals surface area contributed by atoms with Crippen LogP contribution in [0.25, 0.3) is 0 Å². The van der Waals surface area contributed by atoms with Crippen LogP contribution in [0.15, 0.2) is 35.6 Å². The van der Waals surface area contributed by atoms with Crippen LogP contribution in [0.1, 0.15) is 38.7 Å². The van der Waals surface area contributed by atoms with Crippen molar-refractivity contribution in [1.29, 1.82) is 0 Å². The SMILES string of the molecule is CCOC(=O)/C(=C(/C)[O-])C(CC(C)=O)c1ccccc1Cl. The molecule has 1 atom stereocenters. The average Bonchev–Trinajstić information content (AvgIpc) is 2.38. The molecule has 0 aliphatic carbocycles. The predicted molar refractivity (Wildman–Crippen MR) is 78.8 cm³/mol. The molecule has 1 aromatic carbocycles. The van der Waals surface area contributed by atoms with Gasteiger partial charge in [0.25, 0.3) is 0 Å². The maximum absolute atomic E-state index is 12.1. The molecule has 114 valence electrons. The van der Waals surface area contributed by atoms with Crippen LogP contribution >= 0.6 is 11.6 Å². The van der Waals surface area contributed by atoms with Crippen LogP contribution in [-0.4, -0.2) is 18.4 Å². The topological polar surface area (TPSA) is 66.4 Å². The number of benzene rings is 1. The number of ketones is 1. The summed E-state index contributed by atoms with van der Waals surface area (Å²) in [5, 5.41) is 12.3. The summed E-state index contributed by atoms with van der Waals surface area (Å²) in [6, 6.07) is 6.86. The van der Waals surface area contributed by atoms with Gasteiger partial charge in [-0.2, -0.15) is 0 Å². The summed E-state index contributed by atoms with van der Waals surface area (Å²) in [7, 11) is 0. The Morgan fingerprint density at radius 3 is 2.38 bits per heavy atom. The standard InChI is InChI=1S/C16H19ClO4/c1-4-21-16(20)15(11(3)19)13(9-10(2)18)12-7-5-6-8-14(12)17/h5-8,13,19H,4,9H2,1-3H3/p-1/b15-11-. The fraction of sp³-hybridized carbons (Fsp3) is 0.375. The van der Waals surface area contributed by atoms with E-state index in [1.54, 1.807) is 31.2 Å². The van der Waals surface area contributed by atoms with Crippen molar-refractivity contribution in [2.24, 2.45) is 0 Å². The Hall–Kier alpha value is -1.81. The van der Waals surface area contributed by atoms with Crippen LogP contribution in [0.3, 0.4) is 0 Å². The molecule has 0 radical (unpaired) electrons. The molecule has 0 saturated heterocycles. The lowest BCUT2D eigenvalue weighted by Gasteiger charge is -2.24. The van der Waals surface area contributed by atoms with Crippen molar-refractivity contribution in [3.05, 3.63) is 46.2 Å². The van der Waals surface area contributed by atoms with Crippen molar-refractivity contribution < 1.29 is 19.4 Å². The van der Waals surface area contributed by atoms with Gasteiger partial charge in [0, 0.05) is 22.9 Å². The van der Waals surface area contributed by atoms with Gasteiger partial charge in [-0.05, 0) is 25.5 Å². The van der Waals surface area contributed by atoms with Crippen molar-refractivity contribution in [1.82, 2.24) is 0 Å². The van der Waals surface area contributed by atoms with E-state index < -0.39 is 17.6 Å². The van der Waals surface area contributed by atoms with Crippen LogP contribution in [0.2, 0.25) is 5.02 Å². The van der Waals surface area contributed by atoms with Crippen molar-refractivity contribution in [2.45, 2.75) is 33.1 Å². The van der Waals surface area contributed by atoms with Crippen LogP contribution < -0.4 is 5.11 Å². The molecule has 0 heterocycles. The second-order valence-electron chi connectivity index (χ2n) is 4.67. The summed E-state index contributed by atoms with van der Waals surface area (Å²) in [5.41, 5.74) is 0.535. The number of hydrogen-bond acceptors (Lipinski definition) is 4. The largest absolute Gasteiger partial charge is 0.875 e. The summed E-state index contributed by atoms with van der Waals surface area (Å²) >= 11 is 6.14. The summed E-state index contributed by atoms with van der Waals surface area (Å²) in [4.78, 5) is 23.6. The summed E-state index contributed by atoms with van der Waals surface area (Å²) in [6.07, 6.45) is 0.0253. The molecular formula is C16H18ClO4-. The molecule has 1 aromatic rings. The maximum atomic E-state index is 12.1. The van der Waals surface area contributed by atoms with Crippen LogP contribution in [0.4, 0.5) is 0 Å². The van der Waals surface area contributed by atoms with E-state index >= 15 is 0 Å². The average molecular weight is 310 g/mol. The minimum atomic E-state index is -0.698. The van der Waals surface area contributed by atoms with Gasteiger partial charge in [-0.15, -0.1) is 5.76 Å². The number of halogens is 1. The molecule has 0 aromatic heterocycles. The van der Waals surface area contributed by atoms with Gasteiger partial charge in [0.2, 0.25) is 0 Å².